The van der Waals surface area contributed by atoms with E-state index in [2.05, 4.69) is 33.2 Å². The standard InChI is InChI=1S/C12H13IN2O3/c13-8-2-1-3-10(6-8)18-7-11(16)15-12(17)14-9-4-5-9/h1-3,6,9H,4-5,7H2,(H2,14,15,16,17). The average Bonchev–Trinajstić information content (AvgIpc) is 3.10. The zero-order chi connectivity index (χ0) is 13.0. The Balaban J connectivity index is 1.72. The fourth-order valence-corrected chi connectivity index (χ4v) is 1.83. The quantitative estimate of drug-likeness (QED) is 0.803. The third kappa shape index (κ3) is 4.52. The van der Waals surface area contributed by atoms with Gasteiger partial charge in [0.2, 0.25) is 0 Å². The van der Waals surface area contributed by atoms with Gasteiger partial charge < -0.3 is 10.1 Å². The van der Waals surface area contributed by atoms with Crippen molar-refractivity contribution in [3.05, 3.63) is 27.8 Å². The highest BCUT2D eigenvalue weighted by molar-refractivity contribution is 14.1. The molecule has 0 spiro atoms. The molecule has 1 aromatic rings. The van der Waals surface area contributed by atoms with Crippen LogP contribution in [0.5, 0.6) is 5.75 Å². The summed E-state index contributed by atoms with van der Waals surface area (Å²) in [5.74, 6) is 0.159. The fraction of sp³-hybridized carbons (Fsp3) is 0.333. The SMILES string of the molecule is O=C(COc1cccc(I)c1)NC(=O)NC1CC1. The van der Waals surface area contributed by atoms with Crippen LogP contribution in [0.1, 0.15) is 12.8 Å². The molecule has 96 valence electrons. The molecule has 0 aromatic heterocycles. The molecule has 0 unspecified atom stereocenters. The summed E-state index contributed by atoms with van der Waals surface area (Å²) in [6.07, 6.45) is 1.97. The van der Waals surface area contributed by atoms with E-state index in [1.807, 2.05) is 18.2 Å². The molecule has 1 aromatic carbocycles. The number of amides is 3. The van der Waals surface area contributed by atoms with Gasteiger partial charge in [-0.1, -0.05) is 6.07 Å². The minimum atomic E-state index is -0.452. The molecule has 0 heterocycles. The Morgan fingerprint density at radius 2 is 2.17 bits per heavy atom. The molecule has 0 aliphatic heterocycles. The van der Waals surface area contributed by atoms with Crippen molar-refractivity contribution in [2.24, 2.45) is 0 Å². The summed E-state index contributed by atoms with van der Waals surface area (Å²) in [6.45, 7) is -0.168. The fourth-order valence-electron chi connectivity index (χ4n) is 1.32. The summed E-state index contributed by atoms with van der Waals surface area (Å²) in [4.78, 5) is 22.7. The molecule has 6 heteroatoms. The molecule has 5 nitrogen and oxygen atoms in total. The summed E-state index contributed by atoms with van der Waals surface area (Å²) < 4.78 is 6.30. The molecule has 1 fully saturated rings. The lowest BCUT2D eigenvalue weighted by molar-refractivity contribution is -0.122. The largest absolute Gasteiger partial charge is 0.484 e. The third-order valence-electron chi connectivity index (χ3n) is 2.33. The van der Waals surface area contributed by atoms with Crippen LogP contribution in [0.25, 0.3) is 0 Å². The zero-order valence-electron chi connectivity index (χ0n) is 9.61. The van der Waals surface area contributed by atoms with E-state index in [1.165, 1.54) is 0 Å². The minimum Gasteiger partial charge on any atom is -0.484 e. The van der Waals surface area contributed by atoms with Crippen molar-refractivity contribution in [2.75, 3.05) is 6.61 Å². The number of halogens is 1. The number of hydrogen-bond donors (Lipinski definition) is 2. The molecular formula is C12H13IN2O3. The Bertz CT molecular complexity index is 460. The van der Waals surface area contributed by atoms with Crippen LogP contribution in [-0.2, 0) is 4.79 Å². The Hall–Kier alpha value is -1.31. The van der Waals surface area contributed by atoms with Gasteiger partial charge in [-0.05, 0) is 53.6 Å². The van der Waals surface area contributed by atoms with E-state index in [9.17, 15) is 9.59 Å². The molecule has 18 heavy (non-hydrogen) atoms. The molecule has 1 aliphatic carbocycles. The van der Waals surface area contributed by atoms with E-state index in [1.54, 1.807) is 6.07 Å². The van der Waals surface area contributed by atoms with Crippen LogP contribution in [0.2, 0.25) is 0 Å². The molecule has 3 amide bonds. The summed E-state index contributed by atoms with van der Waals surface area (Å²) in [5, 5.41) is 4.88. The van der Waals surface area contributed by atoms with Crippen molar-refractivity contribution in [1.29, 1.82) is 0 Å². The average molecular weight is 360 g/mol. The van der Waals surface area contributed by atoms with Crippen molar-refractivity contribution in [2.45, 2.75) is 18.9 Å². The number of hydrogen-bond acceptors (Lipinski definition) is 3. The summed E-state index contributed by atoms with van der Waals surface area (Å²) in [6, 6.07) is 7.13. The second-order valence-corrected chi connectivity index (χ2v) is 5.29. The summed E-state index contributed by atoms with van der Waals surface area (Å²) in [7, 11) is 0. The van der Waals surface area contributed by atoms with Crippen LogP contribution in [0.15, 0.2) is 24.3 Å². The smallest absolute Gasteiger partial charge is 0.321 e. The van der Waals surface area contributed by atoms with Gasteiger partial charge in [0.1, 0.15) is 5.75 Å². The first-order valence-electron chi connectivity index (χ1n) is 5.62. The highest BCUT2D eigenvalue weighted by Crippen LogP contribution is 2.18. The monoisotopic (exact) mass is 360 g/mol. The number of rotatable bonds is 4. The highest BCUT2D eigenvalue weighted by Gasteiger charge is 2.23. The number of carbonyl (C=O) groups is 2. The van der Waals surface area contributed by atoms with Crippen LogP contribution in [-0.4, -0.2) is 24.6 Å². The second kappa shape index (κ2) is 6.03. The van der Waals surface area contributed by atoms with E-state index < -0.39 is 11.9 Å². The number of urea groups is 1. The topological polar surface area (TPSA) is 67.4 Å². The third-order valence-corrected chi connectivity index (χ3v) is 3.00. The predicted molar refractivity (Wildman–Crippen MR) is 74.4 cm³/mol. The van der Waals surface area contributed by atoms with E-state index in [-0.39, 0.29) is 12.6 Å². The highest BCUT2D eigenvalue weighted by atomic mass is 127. The molecule has 0 radical (unpaired) electrons. The summed E-state index contributed by atoms with van der Waals surface area (Å²) >= 11 is 2.16. The number of carbonyl (C=O) groups excluding carboxylic acids is 2. The first kappa shape index (κ1) is 13.1. The van der Waals surface area contributed by atoms with Gasteiger partial charge in [-0.2, -0.15) is 0 Å². The Labute approximate surface area is 118 Å². The van der Waals surface area contributed by atoms with Gasteiger partial charge in [-0.15, -0.1) is 0 Å². The van der Waals surface area contributed by atoms with Gasteiger partial charge in [-0.3, -0.25) is 10.1 Å². The first-order chi connectivity index (χ1) is 8.63. The van der Waals surface area contributed by atoms with Gasteiger partial charge in [0.05, 0.1) is 0 Å². The van der Waals surface area contributed by atoms with Gasteiger partial charge in [-0.25, -0.2) is 4.79 Å². The molecule has 0 bridgehead atoms. The van der Waals surface area contributed by atoms with Gasteiger partial charge in [0.15, 0.2) is 6.61 Å². The molecule has 0 atom stereocenters. The molecule has 1 saturated carbocycles. The van der Waals surface area contributed by atoms with Gasteiger partial charge in [0, 0.05) is 9.61 Å². The maximum absolute atomic E-state index is 11.4. The normalized spacial score (nSPS) is 13.8. The van der Waals surface area contributed by atoms with Crippen molar-refractivity contribution in [1.82, 2.24) is 10.6 Å². The van der Waals surface area contributed by atoms with E-state index in [0.717, 1.165) is 16.4 Å². The van der Waals surface area contributed by atoms with Crippen molar-refractivity contribution in [3.63, 3.8) is 0 Å². The van der Waals surface area contributed by atoms with Crippen molar-refractivity contribution in [3.8, 4) is 5.75 Å². The van der Waals surface area contributed by atoms with Gasteiger partial charge >= 0.3 is 6.03 Å². The number of nitrogens with one attached hydrogen (secondary N) is 2. The molecule has 2 rings (SSSR count). The van der Waals surface area contributed by atoms with E-state index in [0.29, 0.717) is 5.75 Å². The lowest BCUT2D eigenvalue weighted by Gasteiger charge is -2.07. The minimum absolute atomic E-state index is 0.168. The van der Waals surface area contributed by atoms with Crippen LogP contribution in [0, 0.1) is 3.57 Å². The maximum atomic E-state index is 11.4. The number of ether oxygens (including phenoxy) is 1. The lowest BCUT2D eigenvalue weighted by atomic mass is 10.3. The van der Waals surface area contributed by atoms with Crippen LogP contribution >= 0.6 is 22.6 Å². The molecule has 2 N–H and O–H groups in total. The van der Waals surface area contributed by atoms with Crippen LogP contribution in [0.4, 0.5) is 4.79 Å². The molecule has 0 saturated heterocycles. The predicted octanol–water partition coefficient (Wildman–Crippen LogP) is 1.66. The van der Waals surface area contributed by atoms with Gasteiger partial charge in [0.25, 0.3) is 5.91 Å². The van der Waals surface area contributed by atoms with Crippen molar-refractivity contribution >= 4 is 34.5 Å². The Morgan fingerprint density at radius 1 is 1.39 bits per heavy atom. The number of benzene rings is 1. The van der Waals surface area contributed by atoms with E-state index >= 15 is 0 Å². The Morgan fingerprint density at radius 3 is 2.83 bits per heavy atom. The maximum Gasteiger partial charge on any atom is 0.321 e. The second-order valence-electron chi connectivity index (χ2n) is 4.04. The van der Waals surface area contributed by atoms with Crippen molar-refractivity contribution < 1.29 is 14.3 Å². The van der Waals surface area contributed by atoms with E-state index in [4.69, 9.17) is 4.74 Å². The van der Waals surface area contributed by atoms with Crippen LogP contribution in [0.3, 0.4) is 0 Å². The Kier molecular flexibility index (Phi) is 4.40. The van der Waals surface area contributed by atoms with Crippen LogP contribution < -0.4 is 15.4 Å². The molecular weight excluding hydrogens is 347 g/mol. The lowest BCUT2D eigenvalue weighted by Crippen LogP contribution is -2.42. The number of imide groups is 1. The first-order valence-corrected chi connectivity index (χ1v) is 6.70. The summed E-state index contributed by atoms with van der Waals surface area (Å²) in [5.41, 5.74) is 0. The molecule has 1 aliphatic rings. The zero-order valence-corrected chi connectivity index (χ0v) is 11.8.